The Hall–Kier alpha value is -0.260. The molecule has 0 amide bonds. The molecule has 0 rings (SSSR count). The van der Waals surface area contributed by atoms with Gasteiger partial charge in [-0.1, -0.05) is 6.92 Å². The van der Waals surface area contributed by atoms with Crippen LogP contribution in [0.25, 0.3) is 0 Å². The van der Waals surface area contributed by atoms with Crippen LogP contribution in [0.15, 0.2) is 0 Å². The van der Waals surface area contributed by atoms with Gasteiger partial charge in [0.05, 0.1) is 18.5 Å². The van der Waals surface area contributed by atoms with Crippen molar-refractivity contribution < 1.29 is 5.73 Å². The third-order valence-corrected chi connectivity index (χ3v) is 0.957. The number of quaternary nitrogens is 1. The van der Waals surface area contributed by atoms with E-state index < -0.39 is 0 Å². The van der Waals surface area contributed by atoms with Gasteiger partial charge in [-0.15, -0.1) is 11.6 Å². The molecule has 0 heterocycles. The zero-order valence-electron chi connectivity index (χ0n) is 6.02. The van der Waals surface area contributed by atoms with E-state index in [0.29, 0.717) is 12.5 Å². The van der Waals surface area contributed by atoms with Crippen LogP contribution >= 0.6 is 11.6 Å². The van der Waals surface area contributed by atoms with E-state index in [1.54, 1.807) is 0 Å². The number of hydrogen-bond acceptors (Lipinski definition) is 1. The molecule has 0 unspecified atom stereocenters. The van der Waals surface area contributed by atoms with Crippen molar-refractivity contribution in [3.8, 4) is 6.07 Å². The lowest BCUT2D eigenvalue weighted by Crippen LogP contribution is -2.60. The largest absolute Gasteiger partial charge is 0.354 e. The molecule has 0 spiro atoms. The molecule has 3 heteroatoms. The number of nitrogens with zero attached hydrogens (tertiary/aromatic N) is 1. The molecular weight excluding hydrogens is 136 g/mol. The molecule has 1 atom stereocenters. The molecule has 0 aliphatic heterocycles. The van der Waals surface area contributed by atoms with Gasteiger partial charge in [0.2, 0.25) is 0 Å². The number of rotatable bonds is 2. The minimum absolute atomic E-state index is 0.338. The van der Waals surface area contributed by atoms with Crippen molar-refractivity contribution in [1.82, 2.24) is 0 Å². The van der Waals surface area contributed by atoms with E-state index >= 15 is 0 Å². The van der Waals surface area contributed by atoms with Gasteiger partial charge in [0, 0.05) is 6.38 Å². The lowest BCUT2D eigenvalue weighted by atomic mass is 10.2. The summed E-state index contributed by atoms with van der Waals surface area (Å²) in [4.78, 5) is 0. The first-order valence-electron chi connectivity index (χ1n) is 2.89. The molecule has 0 bridgehead atoms. The van der Waals surface area contributed by atoms with Crippen molar-refractivity contribution in [2.24, 2.45) is 0 Å². The first-order chi connectivity index (χ1) is 4.31. The van der Waals surface area contributed by atoms with Crippen LogP contribution in [0, 0.1) is 11.3 Å². The topological polar surface area (TPSA) is 51.4 Å². The molecule has 0 aromatic carbocycles. The fourth-order valence-electron chi connectivity index (χ4n) is 0.273. The average Bonchev–Trinajstić information content (AvgIpc) is 1.93. The summed E-state index contributed by atoms with van der Waals surface area (Å²) in [5.74, 6) is 0. The normalized spacial score (nSPS) is 10.6. The Bertz CT molecular complexity index is 77.6. The Kier molecular flexibility index (Phi) is 13.7. The third kappa shape index (κ3) is 11.4. The van der Waals surface area contributed by atoms with Gasteiger partial charge < -0.3 is 5.73 Å². The van der Waals surface area contributed by atoms with Gasteiger partial charge >= 0.3 is 0 Å². The van der Waals surface area contributed by atoms with Crippen LogP contribution in [0.4, 0.5) is 0 Å². The first kappa shape index (κ1) is 11.5. The Morgan fingerprint density at radius 3 is 2.22 bits per heavy atom. The van der Waals surface area contributed by atoms with E-state index in [9.17, 15) is 0 Å². The second-order valence-electron chi connectivity index (χ2n) is 1.64. The SMILES string of the molecule is CC[C@@H]([NH3+])CC#N.CCl. The van der Waals surface area contributed by atoms with Crippen molar-refractivity contribution in [2.45, 2.75) is 25.8 Å². The zero-order valence-corrected chi connectivity index (χ0v) is 6.78. The van der Waals surface area contributed by atoms with Gasteiger partial charge in [-0.05, 0) is 6.42 Å². The van der Waals surface area contributed by atoms with Gasteiger partial charge in [-0.25, -0.2) is 0 Å². The number of nitriles is 1. The molecule has 0 aliphatic rings. The van der Waals surface area contributed by atoms with Crippen molar-refractivity contribution in [3.05, 3.63) is 0 Å². The maximum atomic E-state index is 8.08. The third-order valence-electron chi connectivity index (χ3n) is 0.957. The lowest BCUT2D eigenvalue weighted by molar-refractivity contribution is -0.418. The molecule has 0 aromatic heterocycles. The van der Waals surface area contributed by atoms with Gasteiger partial charge in [-0.3, -0.25) is 0 Å². The maximum Gasteiger partial charge on any atom is 0.0972 e. The number of hydrogen-bond donors (Lipinski definition) is 1. The summed E-state index contributed by atoms with van der Waals surface area (Å²) in [6.07, 6.45) is 3.07. The van der Waals surface area contributed by atoms with Crippen molar-refractivity contribution in [1.29, 1.82) is 5.26 Å². The predicted octanol–water partition coefficient (Wildman–Crippen LogP) is 0.776. The molecule has 0 saturated heterocycles. The summed E-state index contributed by atoms with van der Waals surface area (Å²) >= 11 is 4.64. The van der Waals surface area contributed by atoms with E-state index in [4.69, 9.17) is 5.26 Å². The predicted molar refractivity (Wildman–Crippen MR) is 39.0 cm³/mol. The maximum absolute atomic E-state index is 8.08. The second-order valence-corrected chi connectivity index (χ2v) is 1.64. The molecule has 2 nitrogen and oxygen atoms in total. The molecule has 0 saturated carbocycles. The van der Waals surface area contributed by atoms with E-state index in [-0.39, 0.29) is 0 Å². The monoisotopic (exact) mass is 149 g/mol. The van der Waals surface area contributed by atoms with Crippen LogP contribution in [0.2, 0.25) is 0 Å². The standard InChI is InChI=1S/C5H10N2.CH3Cl/c1-2-5(7)3-4-6;1-2/h5H,2-3,7H2,1H3;1H3/p+1/t5-;/m1./s1. The van der Waals surface area contributed by atoms with Gasteiger partial charge in [0.15, 0.2) is 0 Å². The van der Waals surface area contributed by atoms with E-state index in [2.05, 4.69) is 23.4 Å². The molecule has 9 heavy (non-hydrogen) atoms. The van der Waals surface area contributed by atoms with Crippen LogP contribution < -0.4 is 5.73 Å². The minimum Gasteiger partial charge on any atom is -0.354 e. The lowest BCUT2D eigenvalue weighted by Gasteiger charge is -1.93. The summed E-state index contributed by atoms with van der Waals surface area (Å²) in [5.41, 5.74) is 3.72. The number of halogens is 1. The summed E-state index contributed by atoms with van der Waals surface area (Å²) in [7, 11) is 0. The fraction of sp³-hybridized carbons (Fsp3) is 0.833. The summed E-state index contributed by atoms with van der Waals surface area (Å²) < 4.78 is 0. The van der Waals surface area contributed by atoms with Crippen molar-refractivity contribution in [3.63, 3.8) is 0 Å². The van der Waals surface area contributed by atoms with E-state index in [1.807, 2.05) is 6.92 Å². The molecule has 0 radical (unpaired) electrons. The molecule has 3 N–H and O–H groups in total. The molecular formula is C6H14ClN2+. The smallest absolute Gasteiger partial charge is 0.0972 e. The second kappa shape index (κ2) is 10.7. The van der Waals surface area contributed by atoms with E-state index in [1.165, 1.54) is 6.38 Å². The minimum atomic E-state index is 0.338. The van der Waals surface area contributed by atoms with Crippen molar-refractivity contribution >= 4 is 11.6 Å². The number of alkyl halides is 1. The average molecular weight is 150 g/mol. The zero-order chi connectivity index (χ0) is 7.70. The Morgan fingerprint density at radius 1 is 1.67 bits per heavy atom. The molecule has 0 fully saturated rings. The van der Waals surface area contributed by atoms with Crippen LogP contribution in [0.5, 0.6) is 0 Å². The highest BCUT2D eigenvalue weighted by molar-refractivity contribution is 6.15. The van der Waals surface area contributed by atoms with Crippen LogP contribution in [0.1, 0.15) is 19.8 Å². The summed E-state index contributed by atoms with van der Waals surface area (Å²) in [5, 5.41) is 8.08. The highest BCUT2D eigenvalue weighted by Gasteiger charge is 1.97. The van der Waals surface area contributed by atoms with E-state index in [0.717, 1.165) is 6.42 Å². The van der Waals surface area contributed by atoms with Crippen LogP contribution in [-0.4, -0.2) is 12.4 Å². The molecule has 54 valence electrons. The Morgan fingerprint density at radius 2 is 2.11 bits per heavy atom. The highest BCUT2D eigenvalue weighted by atomic mass is 35.5. The Balaban J connectivity index is 0. The Labute approximate surface area is 61.6 Å². The van der Waals surface area contributed by atoms with Crippen LogP contribution in [-0.2, 0) is 0 Å². The summed E-state index contributed by atoms with van der Waals surface area (Å²) in [6, 6.07) is 2.39. The first-order valence-corrected chi connectivity index (χ1v) is 3.64. The quantitative estimate of drug-likeness (QED) is 0.580. The van der Waals surface area contributed by atoms with Crippen molar-refractivity contribution in [2.75, 3.05) is 6.38 Å². The molecule has 0 aromatic rings. The van der Waals surface area contributed by atoms with Gasteiger partial charge in [0.1, 0.15) is 0 Å². The molecule has 0 aliphatic carbocycles. The van der Waals surface area contributed by atoms with Gasteiger partial charge in [0.25, 0.3) is 0 Å². The highest BCUT2D eigenvalue weighted by Crippen LogP contribution is 1.85. The fourth-order valence-corrected chi connectivity index (χ4v) is 0.273. The van der Waals surface area contributed by atoms with Gasteiger partial charge in [-0.2, -0.15) is 5.26 Å². The van der Waals surface area contributed by atoms with Crippen LogP contribution in [0.3, 0.4) is 0 Å². The summed E-state index contributed by atoms with van der Waals surface area (Å²) in [6.45, 7) is 2.04.